The van der Waals surface area contributed by atoms with Crippen LogP contribution in [-0.2, 0) is 28.6 Å². The second-order valence-electron chi connectivity index (χ2n) is 13.8. The van der Waals surface area contributed by atoms with Crippen LogP contribution in [0.1, 0.15) is 168 Å². The molecule has 0 amide bonds. The van der Waals surface area contributed by atoms with Crippen molar-refractivity contribution in [3.63, 3.8) is 0 Å². The molecule has 0 aromatic carbocycles. The number of rotatable bonds is 37. The van der Waals surface area contributed by atoms with Gasteiger partial charge in [-0.15, -0.1) is 0 Å². The summed E-state index contributed by atoms with van der Waals surface area (Å²) < 4.78 is 16.5. The molecule has 0 aliphatic carbocycles. The van der Waals surface area contributed by atoms with Crippen LogP contribution in [0.4, 0.5) is 0 Å². The van der Waals surface area contributed by atoms with Gasteiger partial charge in [-0.1, -0.05) is 156 Å². The lowest BCUT2D eigenvalue weighted by Crippen LogP contribution is -2.30. The Morgan fingerprint density at radius 2 is 0.732 bits per heavy atom. The average Bonchev–Trinajstić information content (AvgIpc) is 3.19. The number of hydrogen-bond donors (Lipinski definition) is 0. The normalized spacial score (nSPS) is 13.1. The number of unbranched alkanes of at least 4 members (excludes halogenated alkanes) is 8. The van der Waals surface area contributed by atoms with E-state index in [0.29, 0.717) is 19.3 Å². The van der Waals surface area contributed by atoms with E-state index in [1.807, 2.05) is 12.2 Å². The minimum atomic E-state index is -0.831. The zero-order valence-electron chi connectivity index (χ0n) is 35.6. The Hall–Kier alpha value is -3.93. The molecule has 6 heteroatoms. The van der Waals surface area contributed by atoms with Crippen molar-refractivity contribution >= 4 is 17.9 Å². The van der Waals surface area contributed by atoms with Crippen molar-refractivity contribution in [2.75, 3.05) is 13.2 Å². The second kappa shape index (κ2) is 43.8. The molecule has 0 heterocycles. The van der Waals surface area contributed by atoms with Gasteiger partial charge in [-0.2, -0.15) is 0 Å². The van der Waals surface area contributed by atoms with Crippen LogP contribution in [-0.4, -0.2) is 37.2 Å². The lowest BCUT2D eigenvalue weighted by Gasteiger charge is -2.18. The third-order valence-electron chi connectivity index (χ3n) is 8.51. The fourth-order valence-corrected chi connectivity index (χ4v) is 5.25. The molecule has 0 aliphatic rings. The Kier molecular flexibility index (Phi) is 40.7. The number of carbonyl (C=O) groups excluding carboxylic acids is 3. The van der Waals surface area contributed by atoms with Crippen molar-refractivity contribution in [2.24, 2.45) is 0 Å². The van der Waals surface area contributed by atoms with E-state index >= 15 is 0 Å². The summed E-state index contributed by atoms with van der Waals surface area (Å²) in [7, 11) is 0. The third kappa shape index (κ3) is 41.2. The van der Waals surface area contributed by atoms with Gasteiger partial charge in [-0.3, -0.25) is 14.4 Å². The minimum absolute atomic E-state index is 0.125. The SMILES string of the molecule is CC/C=C\C/C=C\C/C=C\C/C=C\C/C=C\CCC(=O)OCC(COC(=O)CCCCCC/C=C\CCCC)OC(=O)CCCC/C=C\C/C=C\C/C=C\CC. The molecule has 56 heavy (non-hydrogen) atoms. The average molecular weight is 775 g/mol. The first-order chi connectivity index (χ1) is 27.5. The van der Waals surface area contributed by atoms with Crippen molar-refractivity contribution in [3.05, 3.63) is 109 Å². The summed E-state index contributed by atoms with van der Waals surface area (Å²) in [6.07, 6.45) is 58.0. The van der Waals surface area contributed by atoms with Gasteiger partial charge in [0, 0.05) is 19.3 Å². The van der Waals surface area contributed by atoms with Crippen molar-refractivity contribution < 1.29 is 28.6 Å². The van der Waals surface area contributed by atoms with E-state index < -0.39 is 6.10 Å². The maximum Gasteiger partial charge on any atom is 0.306 e. The van der Waals surface area contributed by atoms with Crippen molar-refractivity contribution in [3.8, 4) is 0 Å². The van der Waals surface area contributed by atoms with Gasteiger partial charge in [-0.25, -0.2) is 0 Å². The van der Waals surface area contributed by atoms with E-state index in [9.17, 15) is 14.4 Å². The van der Waals surface area contributed by atoms with Crippen molar-refractivity contribution in [2.45, 2.75) is 175 Å². The van der Waals surface area contributed by atoms with Crippen LogP contribution >= 0.6 is 0 Å². The van der Waals surface area contributed by atoms with Crippen LogP contribution in [0, 0.1) is 0 Å². The van der Waals surface area contributed by atoms with Gasteiger partial charge in [0.2, 0.25) is 0 Å². The highest BCUT2D eigenvalue weighted by atomic mass is 16.6. The predicted octanol–water partition coefficient (Wildman–Crippen LogP) is 14.0. The Bertz CT molecular complexity index is 1210. The minimum Gasteiger partial charge on any atom is -0.462 e. The molecule has 0 N–H and O–H groups in total. The number of esters is 3. The van der Waals surface area contributed by atoms with Crippen LogP contribution < -0.4 is 0 Å². The number of allylic oxidation sites excluding steroid dienone is 18. The van der Waals surface area contributed by atoms with Crippen LogP contribution in [0.15, 0.2) is 109 Å². The summed E-state index contributed by atoms with van der Waals surface area (Å²) in [6.45, 7) is 6.21. The Morgan fingerprint density at radius 3 is 1.23 bits per heavy atom. The molecule has 0 aromatic rings. The molecule has 0 bridgehead atoms. The van der Waals surface area contributed by atoms with E-state index in [1.165, 1.54) is 12.8 Å². The standard InChI is InChI=1S/C50H78O6/c1-4-7-10-13-16-19-22-24-25-26-27-29-31-34-37-40-43-49(52)55-46-47(45-54-48(51)42-39-36-33-30-21-18-15-12-9-6-3)56-50(53)44-41-38-35-32-28-23-20-17-14-11-8-5-2/h7-8,10-11,15-20,24-25,27-29,32,34,37,47H,4-6,9,12-14,21-23,26,30-31,33,35-36,38-46H2,1-3H3/b10-7-,11-8-,18-15-,19-16-,20-17-,25-24-,29-27-,32-28-,37-34-. The molecule has 0 rings (SSSR count). The highest BCUT2D eigenvalue weighted by molar-refractivity contribution is 5.71. The van der Waals surface area contributed by atoms with Gasteiger partial charge in [-0.05, 0) is 103 Å². The van der Waals surface area contributed by atoms with Crippen LogP contribution in [0.2, 0.25) is 0 Å². The molecule has 314 valence electrons. The number of carbonyl (C=O) groups is 3. The smallest absolute Gasteiger partial charge is 0.306 e. The van der Waals surface area contributed by atoms with Gasteiger partial charge in [0.1, 0.15) is 13.2 Å². The highest BCUT2D eigenvalue weighted by Crippen LogP contribution is 2.10. The molecular formula is C50H78O6. The zero-order chi connectivity index (χ0) is 40.8. The van der Waals surface area contributed by atoms with Crippen molar-refractivity contribution in [1.82, 2.24) is 0 Å². The van der Waals surface area contributed by atoms with Crippen LogP contribution in [0.25, 0.3) is 0 Å². The first-order valence-electron chi connectivity index (χ1n) is 21.9. The van der Waals surface area contributed by atoms with E-state index in [2.05, 4.69) is 118 Å². The largest absolute Gasteiger partial charge is 0.462 e. The molecule has 0 aliphatic heterocycles. The summed E-state index contributed by atoms with van der Waals surface area (Å²) in [5.74, 6) is -1.08. The molecule has 0 saturated carbocycles. The van der Waals surface area contributed by atoms with Gasteiger partial charge in [0.05, 0.1) is 0 Å². The topological polar surface area (TPSA) is 78.9 Å². The fraction of sp³-hybridized carbons (Fsp3) is 0.580. The van der Waals surface area contributed by atoms with E-state index in [-0.39, 0.29) is 44.0 Å². The van der Waals surface area contributed by atoms with Gasteiger partial charge >= 0.3 is 17.9 Å². The van der Waals surface area contributed by atoms with E-state index in [0.717, 1.165) is 103 Å². The lowest BCUT2D eigenvalue weighted by molar-refractivity contribution is -0.166. The molecule has 1 unspecified atom stereocenters. The molecular weight excluding hydrogens is 697 g/mol. The van der Waals surface area contributed by atoms with Crippen LogP contribution in [0.3, 0.4) is 0 Å². The Balaban J connectivity index is 4.58. The number of hydrogen-bond acceptors (Lipinski definition) is 6. The first kappa shape index (κ1) is 52.1. The predicted molar refractivity (Wildman–Crippen MR) is 237 cm³/mol. The summed E-state index contributed by atoms with van der Waals surface area (Å²) in [4.78, 5) is 37.6. The highest BCUT2D eigenvalue weighted by Gasteiger charge is 2.19. The molecule has 0 fully saturated rings. The maximum atomic E-state index is 12.7. The lowest BCUT2D eigenvalue weighted by atomic mass is 10.1. The summed E-state index contributed by atoms with van der Waals surface area (Å²) >= 11 is 0. The van der Waals surface area contributed by atoms with E-state index in [1.54, 1.807) is 0 Å². The van der Waals surface area contributed by atoms with E-state index in [4.69, 9.17) is 14.2 Å². The molecule has 0 aromatic heterocycles. The molecule has 1 atom stereocenters. The summed E-state index contributed by atoms with van der Waals surface area (Å²) in [6, 6.07) is 0. The van der Waals surface area contributed by atoms with Crippen molar-refractivity contribution in [1.29, 1.82) is 0 Å². The third-order valence-corrected chi connectivity index (χ3v) is 8.51. The Morgan fingerprint density at radius 1 is 0.375 bits per heavy atom. The fourth-order valence-electron chi connectivity index (χ4n) is 5.25. The molecule has 0 saturated heterocycles. The van der Waals surface area contributed by atoms with Crippen LogP contribution in [0.5, 0.6) is 0 Å². The summed E-state index contributed by atoms with van der Waals surface area (Å²) in [5, 5.41) is 0. The number of ether oxygens (including phenoxy) is 3. The summed E-state index contributed by atoms with van der Waals surface area (Å²) in [5.41, 5.74) is 0. The zero-order valence-corrected chi connectivity index (χ0v) is 35.6. The first-order valence-corrected chi connectivity index (χ1v) is 21.9. The van der Waals surface area contributed by atoms with Gasteiger partial charge in [0.25, 0.3) is 0 Å². The maximum absolute atomic E-state index is 12.7. The molecule has 0 radical (unpaired) electrons. The quantitative estimate of drug-likeness (QED) is 0.0271. The Labute approximate surface area is 342 Å². The van der Waals surface area contributed by atoms with Gasteiger partial charge < -0.3 is 14.2 Å². The molecule has 0 spiro atoms. The molecule has 6 nitrogen and oxygen atoms in total. The monoisotopic (exact) mass is 775 g/mol. The van der Waals surface area contributed by atoms with Gasteiger partial charge in [0.15, 0.2) is 6.10 Å². The second-order valence-corrected chi connectivity index (χ2v) is 13.8.